The van der Waals surface area contributed by atoms with Crippen LogP contribution in [0.2, 0.25) is 0 Å². The molecule has 0 fully saturated rings. The third kappa shape index (κ3) is 3.77. The zero-order chi connectivity index (χ0) is 15.9. The minimum absolute atomic E-state index is 0.00168. The lowest BCUT2D eigenvalue weighted by atomic mass is 9.90. The summed E-state index contributed by atoms with van der Waals surface area (Å²) in [6.45, 7) is 4.29. The molecule has 22 heavy (non-hydrogen) atoms. The molecule has 0 saturated carbocycles. The SMILES string of the molecule is CCc1ccccc1C(NC(=O)CBr)c1ccccc1CC. The van der Waals surface area contributed by atoms with E-state index in [4.69, 9.17) is 0 Å². The number of hydrogen-bond acceptors (Lipinski definition) is 1. The Bertz CT molecular complexity index is 591. The molecule has 0 radical (unpaired) electrons. The van der Waals surface area contributed by atoms with Gasteiger partial charge in [0.1, 0.15) is 0 Å². The summed E-state index contributed by atoms with van der Waals surface area (Å²) in [5, 5.41) is 3.47. The van der Waals surface area contributed by atoms with Crippen molar-refractivity contribution in [3.05, 3.63) is 70.8 Å². The minimum atomic E-state index is -0.0997. The molecule has 2 rings (SSSR count). The van der Waals surface area contributed by atoms with Gasteiger partial charge in [-0.2, -0.15) is 0 Å². The second-order valence-electron chi connectivity index (χ2n) is 5.24. The van der Waals surface area contributed by atoms with Crippen LogP contribution in [0.4, 0.5) is 0 Å². The number of carbonyl (C=O) groups excluding carboxylic acids is 1. The zero-order valence-corrected chi connectivity index (χ0v) is 14.7. The minimum Gasteiger partial charge on any atom is -0.344 e. The van der Waals surface area contributed by atoms with Crippen molar-refractivity contribution in [1.82, 2.24) is 5.32 Å². The maximum atomic E-state index is 12.0. The van der Waals surface area contributed by atoms with E-state index in [-0.39, 0.29) is 11.9 Å². The van der Waals surface area contributed by atoms with Crippen molar-refractivity contribution in [2.75, 3.05) is 5.33 Å². The lowest BCUT2D eigenvalue weighted by Crippen LogP contribution is -2.31. The van der Waals surface area contributed by atoms with E-state index < -0.39 is 0 Å². The highest BCUT2D eigenvalue weighted by Crippen LogP contribution is 2.28. The maximum Gasteiger partial charge on any atom is 0.231 e. The van der Waals surface area contributed by atoms with Crippen LogP contribution < -0.4 is 5.32 Å². The third-order valence-electron chi connectivity index (χ3n) is 3.92. The van der Waals surface area contributed by atoms with E-state index in [1.807, 2.05) is 12.1 Å². The number of alkyl halides is 1. The Kier molecular flexibility index (Phi) is 6.20. The molecule has 0 heterocycles. The molecule has 0 bridgehead atoms. The van der Waals surface area contributed by atoms with Crippen molar-refractivity contribution in [3.8, 4) is 0 Å². The lowest BCUT2D eigenvalue weighted by Gasteiger charge is -2.24. The van der Waals surface area contributed by atoms with Gasteiger partial charge < -0.3 is 5.32 Å². The van der Waals surface area contributed by atoms with Crippen LogP contribution in [0.3, 0.4) is 0 Å². The number of carbonyl (C=O) groups is 1. The van der Waals surface area contributed by atoms with Gasteiger partial charge in [-0.25, -0.2) is 0 Å². The molecule has 1 N–H and O–H groups in total. The third-order valence-corrected chi connectivity index (χ3v) is 4.43. The molecule has 0 atom stereocenters. The van der Waals surface area contributed by atoms with E-state index in [0.29, 0.717) is 5.33 Å². The van der Waals surface area contributed by atoms with Crippen LogP contribution in [0.25, 0.3) is 0 Å². The van der Waals surface area contributed by atoms with E-state index in [1.54, 1.807) is 0 Å². The van der Waals surface area contributed by atoms with Crippen LogP contribution in [0.15, 0.2) is 48.5 Å². The molecule has 0 saturated heterocycles. The molecule has 0 unspecified atom stereocenters. The highest BCUT2D eigenvalue weighted by atomic mass is 79.9. The molecule has 0 aromatic heterocycles. The fraction of sp³-hybridized carbons (Fsp3) is 0.316. The number of rotatable bonds is 6. The van der Waals surface area contributed by atoms with Gasteiger partial charge in [0.2, 0.25) is 5.91 Å². The second-order valence-corrected chi connectivity index (χ2v) is 5.80. The average molecular weight is 360 g/mol. The summed E-state index contributed by atoms with van der Waals surface area (Å²) in [5.74, 6) is 0.00168. The summed E-state index contributed by atoms with van der Waals surface area (Å²) in [4.78, 5) is 12.0. The molecule has 0 aliphatic rings. The van der Waals surface area contributed by atoms with E-state index in [0.717, 1.165) is 12.8 Å². The van der Waals surface area contributed by atoms with Crippen molar-refractivity contribution in [3.63, 3.8) is 0 Å². The Morgan fingerprint density at radius 3 is 1.82 bits per heavy atom. The normalized spacial score (nSPS) is 10.7. The van der Waals surface area contributed by atoms with Crippen molar-refractivity contribution in [1.29, 1.82) is 0 Å². The molecule has 0 aliphatic carbocycles. The van der Waals surface area contributed by atoms with Crippen LogP contribution in [0.5, 0.6) is 0 Å². The van der Waals surface area contributed by atoms with Crippen LogP contribution in [0, 0.1) is 0 Å². The van der Waals surface area contributed by atoms with Crippen LogP contribution in [-0.4, -0.2) is 11.2 Å². The van der Waals surface area contributed by atoms with Gasteiger partial charge in [0.05, 0.1) is 11.4 Å². The molecular weight excluding hydrogens is 338 g/mol. The monoisotopic (exact) mass is 359 g/mol. The predicted octanol–water partition coefficient (Wildman–Crippen LogP) is 4.41. The van der Waals surface area contributed by atoms with Crippen LogP contribution >= 0.6 is 15.9 Å². The molecule has 2 aromatic rings. The van der Waals surface area contributed by atoms with Gasteiger partial charge in [0.25, 0.3) is 0 Å². The summed E-state index contributed by atoms with van der Waals surface area (Å²) >= 11 is 3.25. The summed E-state index contributed by atoms with van der Waals surface area (Å²) in [7, 11) is 0. The molecule has 0 spiro atoms. The van der Waals surface area contributed by atoms with Crippen LogP contribution in [-0.2, 0) is 17.6 Å². The van der Waals surface area contributed by atoms with Crippen molar-refractivity contribution in [2.24, 2.45) is 0 Å². The fourth-order valence-electron chi connectivity index (χ4n) is 2.80. The highest BCUT2D eigenvalue weighted by molar-refractivity contribution is 9.09. The molecule has 0 aliphatic heterocycles. The highest BCUT2D eigenvalue weighted by Gasteiger charge is 2.20. The quantitative estimate of drug-likeness (QED) is 0.760. The first kappa shape index (κ1) is 16.8. The van der Waals surface area contributed by atoms with Crippen LogP contribution in [0.1, 0.15) is 42.1 Å². The van der Waals surface area contributed by atoms with E-state index in [9.17, 15) is 4.79 Å². The van der Waals surface area contributed by atoms with E-state index in [1.165, 1.54) is 22.3 Å². The number of aryl methyl sites for hydroxylation is 2. The fourth-order valence-corrected chi connectivity index (χ4v) is 2.96. The number of nitrogens with one attached hydrogen (secondary N) is 1. The number of halogens is 1. The number of benzene rings is 2. The van der Waals surface area contributed by atoms with Gasteiger partial charge in [-0.3, -0.25) is 4.79 Å². The Labute approximate surface area is 141 Å². The number of amides is 1. The second kappa shape index (κ2) is 8.14. The largest absolute Gasteiger partial charge is 0.344 e. The van der Waals surface area contributed by atoms with Crippen molar-refractivity contribution < 1.29 is 4.79 Å². The van der Waals surface area contributed by atoms with Gasteiger partial charge in [0.15, 0.2) is 0 Å². The standard InChI is InChI=1S/C19H22BrNO/c1-3-14-9-5-7-11-16(14)19(21-18(22)13-20)17-12-8-6-10-15(17)4-2/h5-12,19H,3-4,13H2,1-2H3,(H,21,22). The molecule has 3 heteroatoms. The summed E-state index contributed by atoms with van der Waals surface area (Å²) in [6.07, 6.45) is 1.90. The topological polar surface area (TPSA) is 29.1 Å². The Morgan fingerprint density at radius 2 is 1.41 bits per heavy atom. The molecule has 1 amide bonds. The molecule has 2 nitrogen and oxygen atoms in total. The predicted molar refractivity (Wildman–Crippen MR) is 95.4 cm³/mol. The molecule has 116 valence electrons. The lowest BCUT2D eigenvalue weighted by molar-refractivity contribution is -0.118. The summed E-state index contributed by atoms with van der Waals surface area (Å²) in [6, 6.07) is 16.6. The first-order valence-corrected chi connectivity index (χ1v) is 8.84. The Hall–Kier alpha value is -1.61. The Morgan fingerprint density at radius 1 is 0.955 bits per heavy atom. The van der Waals surface area contributed by atoms with Crippen molar-refractivity contribution in [2.45, 2.75) is 32.7 Å². The summed E-state index contributed by atoms with van der Waals surface area (Å²) < 4.78 is 0. The van der Waals surface area contributed by atoms with Gasteiger partial charge in [-0.15, -0.1) is 0 Å². The van der Waals surface area contributed by atoms with Gasteiger partial charge in [0, 0.05) is 0 Å². The first-order chi connectivity index (χ1) is 10.7. The molecular formula is C19H22BrNO. The maximum absolute atomic E-state index is 12.0. The van der Waals surface area contributed by atoms with Crippen molar-refractivity contribution >= 4 is 21.8 Å². The van der Waals surface area contributed by atoms with Gasteiger partial charge >= 0.3 is 0 Å². The van der Waals surface area contributed by atoms with Gasteiger partial charge in [-0.1, -0.05) is 78.3 Å². The summed E-state index contributed by atoms with van der Waals surface area (Å²) in [5.41, 5.74) is 4.90. The number of hydrogen-bond donors (Lipinski definition) is 1. The average Bonchev–Trinajstić information content (AvgIpc) is 2.59. The zero-order valence-electron chi connectivity index (χ0n) is 13.1. The van der Waals surface area contributed by atoms with E-state index >= 15 is 0 Å². The van der Waals surface area contributed by atoms with Gasteiger partial charge in [-0.05, 0) is 35.1 Å². The van der Waals surface area contributed by atoms with E-state index in [2.05, 4.69) is 71.5 Å². The first-order valence-electron chi connectivity index (χ1n) is 7.72. The molecule has 2 aromatic carbocycles. The Balaban J connectivity index is 2.53. The smallest absolute Gasteiger partial charge is 0.231 e.